The van der Waals surface area contributed by atoms with Crippen molar-refractivity contribution in [3.8, 4) is 5.69 Å². The van der Waals surface area contributed by atoms with Gasteiger partial charge in [0, 0.05) is 17.8 Å². The van der Waals surface area contributed by atoms with E-state index in [2.05, 4.69) is 20.9 Å². The van der Waals surface area contributed by atoms with Crippen LogP contribution >= 0.6 is 0 Å². The Kier molecular flexibility index (Phi) is 6.26. The van der Waals surface area contributed by atoms with Gasteiger partial charge in [0.15, 0.2) is 5.69 Å². The molecule has 0 saturated heterocycles. The number of carbonyl (C=O) groups excluding carboxylic acids is 2. The summed E-state index contributed by atoms with van der Waals surface area (Å²) in [7, 11) is 0. The fraction of sp³-hybridized carbons (Fsp3) is 0.120. The number of hydrogen-bond donors (Lipinski definition) is 2. The Labute approximate surface area is 190 Å². The summed E-state index contributed by atoms with van der Waals surface area (Å²) in [6.45, 7) is 4.02. The summed E-state index contributed by atoms with van der Waals surface area (Å²) in [4.78, 5) is 25.0. The summed E-state index contributed by atoms with van der Waals surface area (Å²) in [5.41, 5.74) is 4.37. The van der Waals surface area contributed by atoms with Gasteiger partial charge in [-0.05, 0) is 61.9 Å². The third-order valence-corrected chi connectivity index (χ3v) is 5.11. The zero-order valence-electron chi connectivity index (χ0n) is 18.2. The van der Waals surface area contributed by atoms with Gasteiger partial charge in [-0.15, -0.1) is 5.10 Å². The second kappa shape index (κ2) is 9.44. The molecule has 0 spiro atoms. The number of benzene rings is 3. The van der Waals surface area contributed by atoms with E-state index in [0.29, 0.717) is 11.4 Å². The minimum atomic E-state index is -0.478. The van der Waals surface area contributed by atoms with Crippen molar-refractivity contribution < 1.29 is 14.0 Å². The van der Waals surface area contributed by atoms with Crippen molar-refractivity contribution in [2.75, 3.05) is 5.32 Å². The van der Waals surface area contributed by atoms with Gasteiger partial charge >= 0.3 is 0 Å². The van der Waals surface area contributed by atoms with Gasteiger partial charge in [-0.1, -0.05) is 41.1 Å². The van der Waals surface area contributed by atoms with Crippen molar-refractivity contribution in [2.45, 2.75) is 20.4 Å². The van der Waals surface area contributed by atoms with Gasteiger partial charge in [0.05, 0.1) is 11.4 Å². The fourth-order valence-electron chi connectivity index (χ4n) is 3.33. The molecular formula is C25H22FN5O2. The first kappa shape index (κ1) is 21.9. The summed E-state index contributed by atoms with van der Waals surface area (Å²) in [5, 5.41) is 13.7. The van der Waals surface area contributed by atoms with Gasteiger partial charge in [0.25, 0.3) is 11.8 Å². The average Bonchev–Trinajstić information content (AvgIpc) is 3.19. The first-order chi connectivity index (χ1) is 15.9. The zero-order chi connectivity index (χ0) is 23.4. The Bertz CT molecular complexity index is 1310. The predicted molar refractivity (Wildman–Crippen MR) is 123 cm³/mol. The lowest BCUT2D eigenvalue weighted by atomic mass is 10.1. The molecule has 2 N–H and O–H groups in total. The lowest BCUT2D eigenvalue weighted by molar-refractivity contribution is 0.0944. The number of aryl methyl sites for hydroxylation is 1. The molecule has 0 fully saturated rings. The second-order valence-electron chi connectivity index (χ2n) is 7.62. The van der Waals surface area contributed by atoms with Gasteiger partial charge in [0.1, 0.15) is 5.82 Å². The third-order valence-electron chi connectivity index (χ3n) is 5.11. The first-order valence-corrected chi connectivity index (χ1v) is 10.3. The highest BCUT2D eigenvalue weighted by atomic mass is 19.1. The van der Waals surface area contributed by atoms with E-state index >= 15 is 0 Å². The molecule has 0 aliphatic carbocycles. The smallest absolute Gasteiger partial charge is 0.274 e. The van der Waals surface area contributed by atoms with E-state index in [4.69, 9.17) is 0 Å². The molecule has 0 unspecified atom stereocenters. The Balaban J connectivity index is 1.41. The minimum Gasteiger partial charge on any atom is -0.347 e. The molecule has 0 radical (unpaired) electrons. The van der Waals surface area contributed by atoms with E-state index in [9.17, 15) is 14.0 Å². The lowest BCUT2D eigenvalue weighted by Gasteiger charge is -2.09. The zero-order valence-corrected chi connectivity index (χ0v) is 18.2. The molecule has 33 heavy (non-hydrogen) atoms. The molecule has 0 aliphatic heterocycles. The summed E-state index contributed by atoms with van der Waals surface area (Å²) >= 11 is 0. The quantitative estimate of drug-likeness (QED) is 0.467. The van der Waals surface area contributed by atoms with Crippen LogP contribution in [0.3, 0.4) is 0 Å². The van der Waals surface area contributed by atoms with Crippen LogP contribution in [0.25, 0.3) is 5.69 Å². The molecule has 2 amide bonds. The topological polar surface area (TPSA) is 88.9 Å². The molecule has 0 bridgehead atoms. The molecule has 8 heteroatoms. The van der Waals surface area contributed by atoms with Gasteiger partial charge in [0.2, 0.25) is 0 Å². The van der Waals surface area contributed by atoms with E-state index in [-0.39, 0.29) is 23.7 Å². The maximum Gasteiger partial charge on any atom is 0.274 e. The number of carbonyl (C=O) groups is 2. The van der Waals surface area contributed by atoms with Crippen LogP contribution in [0.5, 0.6) is 0 Å². The fourth-order valence-corrected chi connectivity index (χ4v) is 3.33. The highest BCUT2D eigenvalue weighted by molar-refractivity contribution is 6.04. The molecule has 4 rings (SSSR count). The monoisotopic (exact) mass is 443 g/mol. The molecule has 0 atom stereocenters. The lowest BCUT2D eigenvalue weighted by Crippen LogP contribution is -2.24. The number of nitrogens with one attached hydrogen (secondary N) is 2. The van der Waals surface area contributed by atoms with E-state index < -0.39 is 11.7 Å². The van der Waals surface area contributed by atoms with Gasteiger partial charge in [-0.3, -0.25) is 9.59 Å². The number of rotatable bonds is 6. The van der Waals surface area contributed by atoms with Crippen molar-refractivity contribution in [3.63, 3.8) is 0 Å². The van der Waals surface area contributed by atoms with Crippen LogP contribution in [-0.4, -0.2) is 26.8 Å². The molecule has 3 aromatic carbocycles. The first-order valence-electron chi connectivity index (χ1n) is 10.3. The van der Waals surface area contributed by atoms with E-state index in [1.165, 1.54) is 24.3 Å². The molecule has 0 saturated carbocycles. The number of hydrogen-bond acceptors (Lipinski definition) is 4. The largest absolute Gasteiger partial charge is 0.347 e. The summed E-state index contributed by atoms with van der Waals surface area (Å²) < 4.78 is 15.0. The molecule has 0 aliphatic rings. The Hall–Kier alpha value is -4.33. The van der Waals surface area contributed by atoms with Crippen molar-refractivity contribution in [2.24, 2.45) is 0 Å². The van der Waals surface area contributed by atoms with Crippen molar-refractivity contribution in [1.82, 2.24) is 20.3 Å². The van der Waals surface area contributed by atoms with Crippen LogP contribution in [0.2, 0.25) is 0 Å². The predicted octanol–water partition coefficient (Wildman–Crippen LogP) is 4.21. The molecule has 1 heterocycles. The molecule has 7 nitrogen and oxygen atoms in total. The van der Waals surface area contributed by atoms with E-state index in [1.807, 2.05) is 37.3 Å². The van der Waals surface area contributed by atoms with Crippen molar-refractivity contribution in [1.29, 1.82) is 0 Å². The normalized spacial score (nSPS) is 10.6. The maximum atomic E-state index is 13.4. The Morgan fingerprint density at radius 3 is 2.45 bits per heavy atom. The number of halogens is 1. The molecule has 166 valence electrons. The average molecular weight is 443 g/mol. The van der Waals surface area contributed by atoms with Crippen LogP contribution < -0.4 is 10.6 Å². The third kappa shape index (κ3) is 5.12. The van der Waals surface area contributed by atoms with Crippen LogP contribution in [0.4, 0.5) is 10.1 Å². The van der Waals surface area contributed by atoms with Crippen molar-refractivity contribution in [3.05, 3.63) is 107 Å². The Morgan fingerprint density at radius 1 is 0.939 bits per heavy atom. The van der Waals surface area contributed by atoms with Gasteiger partial charge in [-0.2, -0.15) is 0 Å². The summed E-state index contributed by atoms with van der Waals surface area (Å²) in [6.07, 6.45) is 0. The second-order valence-corrected chi connectivity index (χ2v) is 7.62. The molecule has 4 aromatic rings. The van der Waals surface area contributed by atoms with Crippen LogP contribution in [-0.2, 0) is 6.54 Å². The van der Waals surface area contributed by atoms with E-state index in [0.717, 1.165) is 16.8 Å². The molecule has 1 aromatic heterocycles. The maximum absolute atomic E-state index is 13.4. The highest BCUT2D eigenvalue weighted by Gasteiger charge is 2.17. The standard InChI is InChI=1S/C25H22FN5O2/c1-16-9-11-22(12-10-16)31-17(2)23(29-30-31)25(33)27-15-18-5-3-8-21(13-18)28-24(32)19-6-4-7-20(26)14-19/h3-14H,15H2,1-2H3,(H,27,33)(H,28,32). The minimum absolute atomic E-state index is 0.223. The van der Waals surface area contributed by atoms with Gasteiger partial charge in [-0.25, -0.2) is 9.07 Å². The Morgan fingerprint density at radius 2 is 1.70 bits per heavy atom. The van der Waals surface area contributed by atoms with Gasteiger partial charge < -0.3 is 10.6 Å². The number of nitrogens with zero attached hydrogens (tertiary/aromatic N) is 3. The van der Waals surface area contributed by atoms with Crippen LogP contribution in [0.1, 0.15) is 37.7 Å². The summed E-state index contributed by atoms with van der Waals surface area (Å²) in [6, 6.07) is 20.3. The molecular weight excluding hydrogens is 421 g/mol. The van der Waals surface area contributed by atoms with Crippen molar-refractivity contribution >= 4 is 17.5 Å². The highest BCUT2D eigenvalue weighted by Crippen LogP contribution is 2.15. The number of aromatic nitrogens is 3. The van der Waals surface area contributed by atoms with E-state index in [1.54, 1.807) is 29.8 Å². The SMILES string of the molecule is Cc1ccc(-n2nnc(C(=O)NCc3cccc(NC(=O)c4cccc(F)c4)c3)c2C)cc1. The van der Waals surface area contributed by atoms with Crippen LogP contribution in [0, 0.1) is 19.7 Å². The number of anilines is 1. The summed E-state index contributed by atoms with van der Waals surface area (Å²) in [5.74, 6) is -1.24. The number of amides is 2. The van der Waals surface area contributed by atoms with Crippen LogP contribution in [0.15, 0.2) is 72.8 Å².